The van der Waals surface area contributed by atoms with Crippen LogP contribution in [0, 0.1) is 0 Å². The van der Waals surface area contributed by atoms with Crippen molar-refractivity contribution in [3.05, 3.63) is 18.3 Å². The summed E-state index contributed by atoms with van der Waals surface area (Å²) in [5, 5.41) is 0.426. The first-order chi connectivity index (χ1) is 12.8. The van der Waals surface area contributed by atoms with Gasteiger partial charge in [0.05, 0.1) is 10.3 Å². The highest BCUT2D eigenvalue weighted by Crippen LogP contribution is 2.29. The molecule has 2 aliphatic rings. The molecule has 0 bridgehead atoms. The topological polar surface area (TPSA) is 70.6 Å². The first-order valence-corrected chi connectivity index (χ1v) is 12.1. The molecular weight excluding hydrogens is 382 g/mol. The van der Waals surface area contributed by atoms with Gasteiger partial charge in [0.2, 0.25) is 15.9 Å². The van der Waals surface area contributed by atoms with E-state index < -0.39 is 10.0 Å². The van der Waals surface area contributed by atoms with E-state index >= 15 is 0 Å². The third-order valence-electron chi connectivity index (χ3n) is 5.51. The van der Waals surface area contributed by atoms with Gasteiger partial charge < -0.3 is 4.90 Å². The van der Waals surface area contributed by atoms with Crippen molar-refractivity contribution in [1.29, 1.82) is 0 Å². The van der Waals surface area contributed by atoms with Crippen molar-refractivity contribution in [2.75, 3.05) is 13.1 Å². The highest BCUT2D eigenvalue weighted by Gasteiger charge is 2.32. The van der Waals surface area contributed by atoms with Crippen molar-refractivity contribution in [1.82, 2.24) is 14.2 Å². The SMILES string of the molecule is C[C@@H]1CCC[C@H](C)N1C(=O)[C@@H](C)Sc1ccc(S(=O)(=O)N2CCCC2)cn1. The molecule has 3 rings (SSSR count). The van der Waals surface area contributed by atoms with E-state index in [0.29, 0.717) is 18.1 Å². The van der Waals surface area contributed by atoms with Gasteiger partial charge in [0, 0.05) is 31.4 Å². The molecule has 3 atom stereocenters. The van der Waals surface area contributed by atoms with Gasteiger partial charge in [-0.25, -0.2) is 13.4 Å². The molecule has 0 saturated carbocycles. The maximum atomic E-state index is 12.9. The minimum atomic E-state index is -3.45. The van der Waals surface area contributed by atoms with Crippen LogP contribution < -0.4 is 0 Å². The molecule has 0 unspecified atom stereocenters. The van der Waals surface area contributed by atoms with Gasteiger partial charge >= 0.3 is 0 Å². The highest BCUT2D eigenvalue weighted by atomic mass is 32.2. The summed E-state index contributed by atoms with van der Waals surface area (Å²) in [5.41, 5.74) is 0. The van der Waals surface area contributed by atoms with Crippen LogP contribution in [-0.2, 0) is 14.8 Å². The molecule has 8 heteroatoms. The summed E-state index contributed by atoms with van der Waals surface area (Å²) in [7, 11) is -3.45. The fourth-order valence-corrected chi connectivity index (χ4v) is 6.27. The van der Waals surface area contributed by atoms with Gasteiger partial charge in [-0.3, -0.25) is 4.79 Å². The number of amides is 1. The van der Waals surface area contributed by atoms with E-state index in [2.05, 4.69) is 18.8 Å². The van der Waals surface area contributed by atoms with Gasteiger partial charge in [0.25, 0.3) is 0 Å². The van der Waals surface area contributed by atoms with Crippen LogP contribution in [-0.4, -0.2) is 58.9 Å². The Morgan fingerprint density at radius 3 is 2.33 bits per heavy atom. The van der Waals surface area contributed by atoms with E-state index in [9.17, 15) is 13.2 Å². The molecule has 27 heavy (non-hydrogen) atoms. The van der Waals surface area contributed by atoms with Crippen molar-refractivity contribution in [2.45, 2.75) is 80.1 Å². The lowest BCUT2D eigenvalue weighted by molar-refractivity contribution is -0.136. The average molecular weight is 412 g/mol. The van der Waals surface area contributed by atoms with Gasteiger partial charge in [-0.2, -0.15) is 4.31 Å². The van der Waals surface area contributed by atoms with Gasteiger partial charge in [-0.15, -0.1) is 0 Å². The zero-order valence-electron chi connectivity index (χ0n) is 16.3. The summed E-state index contributed by atoms with van der Waals surface area (Å²) in [6.07, 6.45) is 6.51. The first kappa shape index (κ1) is 20.6. The lowest BCUT2D eigenvalue weighted by Crippen LogP contribution is -2.50. The smallest absolute Gasteiger partial charge is 0.244 e. The largest absolute Gasteiger partial charge is 0.336 e. The van der Waals surface area contributed by atoms with E-state index in [1.54, 1.807) is 12.1 Å². The third-order valence-corrected chi connectivity index (χ3v) is 8.43. The predicted molar refractivity (Wildman–Crippen MR) is 107 cm³/mol. The summed E-state index contributed by atoms with van der Waals surface area (Å²) < 4.78 is 26.7. The van der Waals surface area contributed by atoms with Gasteiger partial charge in [0.1, 0.15) is 4.90 Å². The van der Waals surface area contributed by atoms with E-state index in [4.69, 9.17) is 0 Å². The van der Waals surface area contributed by atoms with Crippen molar-refractivity contribution in [2.24, 2.45) is 0 Å². The monoisotopic (exact) mass is 411 g/mol. The Morgan fingerprint density at radius 2 is 1.78 bits per heavy atom. The Hall–Kier alpha value is -1.12. The van der Waals surface area contributed by atoms with Crippen molar-refractivity contribution in [3.8, 4) is 0 Å². The molecule has 0 aromatic carbocycles. The second-order valence-electron chi connectivity index (χ2n) is 7.58. The van der Waals surface area contributed by atoms with Crippen LogP contribution in [0.2, 0.25) is 0 Å². The molecule has 1 aromatic heterocycles. The van der Waals surface area contributed by atoms with Crippen molar-refractivity contribution < 1.29 is 13.2 Å². The summed E-state index contributed by atoms with van der Waals surface area (Å²) in [4.78, 5) is 19.4. The number of hydrogen-bond donors (Lipinski definition) is 0. The van der Waals surface area contributed by atoms with Crippen LogP contribution in [0.15, 0.2) is 28.3 Å². The fraction of sp³-hybridized carbons (Fsp3) is 0.684. The molecule has 1 amide bonds. The molecule has 3 heterocycles. The molecule has 0 aliphatic carbocycles. The zero-order valence-corrected chi connectivity index (χ0v) is 17.9. The summed E-state index contributed by atoms with van der Waals surface area (Å²) >= 11 is 1.39. The summed E-state index contributed by atoms with van der Waals surface area (Å²) in [6.45, 7) is 7.28. The molecule has 0 radical (unpaired) electrons. The number of sulfonamides is 1. The van der Waals surface area contributed by atoms with E-state index in [-0.39, 0.29) is 28.1 Å². The predicted octanol–water partition coefficient (Wildman–Crippen LogP) is 3.14. The Bertz CT molecular complexity index is 751. The van der Waals surface area contributed by atoms with Gasteiger partial charge in [0.15, 0.2) is 0 Å². The van der Waals surface area contributed by atoms with Crippen molar-refractivity contribution >= 4 is 27.7 Å². The number of carbonyl (C=O) groups is 1. The number of piperidine rings is 1. The summed E-state index contributed by atoms with van der Waals surface area (Å²) in [6, 6.07) is 3.85. The average Bonchev–Trinajstić information content (AvgIpc) is 3.17. The normalized spacial score (nSPS) is 25.5. The molecular formula is C19H29N3O3S2. The second kappa shape index (κ2) is 8.49. The number of hydrogen-bond acceptors (Lipinski definition) is 5. The minimum absolute atomic E-state index is 0.135. The van der Waals surface area contributed by atoms with E-state index in [1.807, 2.05) is 11.8 Å². The van der Waals surface area contributed by atoms with Gasteiger partial charge in [-0.1, -0.05) is 11.8 Å². The number of nitrogens with zero attached hydrogens (tertiary/aromatic N) is 3. The van der Waals surface area contributed by atoms with Gasteiger partial charge in [-0.05, 0) is 65.0 Å². The quantitative estimate of drug-likeness (QED) is 0.696. The van der Waals surface area contributed by atoms with E-state index in [1.165, 1.54) is 28.7 Å². The number of rotatable bonds is 5. The van der Waals surface area contributed by atoms with Crippen LogP contribution in [0.3, 0.4) is 0 Å². The molecule has 6 nitrogen and oxygen atoms in total. The highest BCUT2D eigenvalue weighted by molar-refractivity contribution is 8.00. The number of aromatic nitrogens is 1. The Balaban J connectivity index is 1.66. The number of pyridine rings is 1. The van der Waals surface area contributed by atoms with E-state index in [0.717, 1.165) is 25.7 Å². The number of carbonyl (C=O) groups excluding carboxylic acids is 1. The Labute approximate surface area is 166 Å². The molecule has 0 N–H and O–H groups in total. The first-order valence-electron chi connectivity index (χ1n) is 9.75. The van der Waals surface area contributed by atoms with Crippen molar-refractivity contribution in [3.63, 3.8) is 0 Å². The Kier molecular flexibility index (Phi) is 6.48. The standard InChI is InChI=1S/C19H29N3O3S2/c1-14-7-6-8-15(2)22(14)19(23)16(3)26-18-10-9-17(13-20-18)27(24,25)21-11-4-5-12-21/h9-10,13-16H,4-8,11-12H2,1-3H3/t14-,15+,16-/m1/s1. The zero-order chi connectivity index (χ0) is 19.6. The molecule has 150 valence electrons. The third kappa shape index (κ3) is 4.49. The molecule has 2 aliphatic heterocycles. The maximum Gasteiger partial charge on any atom is 0.244 e. The maximum absolute atomic E-state index is 12.9. The summed E-state index contributed by atoms with van der Waals surface area (Å²) in [5.74, 6) is 0.135. The molecule has 2 saturated heterocycles. The van der Waals surface area contributed by atoms with Crippen LogP contribution in [0.4, 0.5) is 0 Å². The second-order valence-corrected chi connectivity index (χ2v) is 10.9. The number of thioether (sulfide) groups is 1. The molecule has 2 fully saturated rings. The molecule has 0 spiro atoms. The minimum Gasteiger partial charge on any atom is -0.336 e. The van der Waals surface area contributed by atoms with Crippen LogP contribution in [0.25, 0.3) is 0 Å². The van der Waals surface area contributed by atoms with Crippen LogP contribution in [0.1, 0.15) is 52.9 Å². The molecule has 1 aromatic rings. The number of likely N-dealkylation sites (tertiary alicyclic amines) is 1. The lowest BCUT2D eigenvalue weighted by Gasteiger charge is -2.40. The lowest BCUT2D eigenvalue weighted by atomic mass is 9.97. The van der Waals surface area contributed by atoms with Crippen LogP contribution >= 0.6 is 11.8 Å². The van der Waals surface area contributed by atoms with Crippen LogP contribution in [0.5, 0.6) is 0 Å². The fourth-order valence-electron chi connectivity index (χ4n) is 3.96. The Morgan fingerprint density at radius 1 is 1.15 bits per heavy atom.